The van der Waals surface area contributed by atoms with Gasteiger partial charge in [-0.15, -0.1) is 0 Å². The second-order valence-electron chi connectivity index (χ2n) is 5.25. The van der Waals surface area contributed by atoms with Crippen molar-refractivity contribution >= 4 is 5.69 Å². The molecule has 1 heterocycles. The molecule has 1 N–H and O–H groups in total. The third kappa shape index (κ3) is 2.81. The molecule has 0 spiro atoms. The normalized spacial score (nSPS) is 20.4. The molecule has 17 heavy (non-hydrogen) atoms. The maximum atomic E-state index is 3.43. The zero-order valence-corrected chi connectivity index (χ0v) is 11.2. The van der Waals surface area contributed by atoms with Crippen molar-refractivity contribution in [3.05, 3.63) is 29.8 Å². The molecule has 0 aromatic heterocycles. The predicted octanol–water partition coefficient (Wildman–Crippen LogP) is 2.68. The summed E-state index contributed by atoms with van der Waals surface area (Å²) >= 11 is 0. The topological polar surface area (TPSA) is 15.3 Å². The summed E-state index contributed by atoms with van der Waals surface area (Å²) < 4.78 is 0. The van der Waals surface area contributed by atoms with Crippen LogP contribution in [0.3, 0.4) is 0 Å². The smallest absolute Gasteiger partial charge is 0.0402 e. The summed E-state index contributed by atoms with van der Waals surface area (Å²) in [5.74, 6) is 0.698. The highest BCUT2D eigenvalue weighted by molar-refractivity contribution is 5.59. The average Bonchev–Trinajstić information content (AvgIpc) is 2.64. The van der Waals surface area contributed by atoms with Crippen LogP contribution in [0.1, 0.15) is 26.3 Å². The van der Waals surface area contributed by atoms with Crippen molar-refractivity contribution in [2.45, 2.75) is 33.2 Å². The molecule has 0 saturated carbocycles. The second-order valence-corrected chi connectivity index (χ2v) is 5.25. The zero-order valence-electron chi connectivity index (χ0n) is 11.2. The van der Waals surface area contributed by atoms with Gasteiger partial charge in [-0.05, 0) is 44.0 Å². The maximum absolute atomic E-state index is 3.43. The standard InChI is InChI=1S/C15H24N2/c1-4-16-10-12(2)11-17-13(3)9-14-7-5-6-8-15(14)17/h5-8,12-13,16H,4,9-11H2,1-3H3. The summed E-state index contributed by atoms with van der Waals surface area (Å²) in [7, 11) is 0. The van der Waals surface area contributed by atoms with Gasteiger partial charge in [-0.3, -0.25) is 0 Å². The second kappa shape index (κ2) is 5.54. The van der Waals surface area contributed by atoms with Crippen LogP contribution in [0, 0.1) is 5.92 Å². The van der Waals surface area contributed by atoms with Crippen molar-refractivity contribution in [1.82, 2.24) is 5.32 Å². The number of para-hydroxylation sites is 1. The van der Waals surface area contributed by atoms with Crippen molar-refractivity contribution in [2.75, 3.05) is 24.5 Å². The fourth-order valence-electron chi connectivity index (χ4n) is 2.70. The molecule has 2 unspecified atom stereocenters. The van der Waals surface area contributed by atoms with Gasteiger partial charge in [-0.1, -0.05) is 32.0 Å². The molecule has 0 radical (unpaired) electrons. The number of anilines is 1. The van der Waals surface area contributed by atoms with Gasteiger partial charge in [0.05, 0.1) is 0 Å². The molecule has 94 valence electrons. The van der Waals surface area contributed by atoms with Crippen LogP contribution in [0.5, 0.6) is 0 Å². The molecule has 2 atom stereocenters. The molecule has 1 aromatic carbocycles. The minimum Gasteiger partial charge on any atom is -0.368 e. The van der Waals surface area contributed by atoms with Gasteiger partial charge in [0.15, 0.2) is 0 Å². The van der Waals surface area contributed by atoms with E-state index in [9.17, 15) is 0 Å². The van der Waals surface area contributed by atoms with Crippen LogP contribution >= 0.6 is 0 Å². The van der Waals surface area contributed by atoms with Gasteiger partial charge in [-0.2, -0.15) is 0 Å². The maximum Gasteiger partial charge on any atom is 0.0402 e. The van der Waals surface area contributed by atoms with Crippen LogP contribution in [0.4, 0.5) is 5.69 Å². The molecular weight excluding hydrogens is 208 g/mol. The number of nitrogens with one attached hydrogen (secondary N) is 1. The first-order chi connectivity index (χ1) is 8.22. The Balaban J connectivity index is 2.01. The van der Waals surface area contributed by atoms with E-state index in [1.807, 2.05) is 0 Å². The minimum atomic E-state index is 0.650. The van der Waals surface area contributed by atoms with Crippen molar-refractivity contribution in [1.29, 1.82) is 0 Å². The van der Waals surface area contributed by atoms with Gasteiger partial charge in [0, 0.05) is 18.3 Å². The summed E-state index contributed by atoms with van der Waals surface area (Å²) in [6, 6.07) is 9.48. The van der Waals surface area contributed by atoms with Crippen LogP contribution in [0.25, 0.3) is 0 Å². The van der Waals surface area contributed by atoms with E-state index in [0.717, 1.165) is 19.6 Å². The minimum absolute atomic E-state index is 0.650. The van der Waals surface area contributed by atoms with Crippen LogP contribution in [-0.2, 0) is 6.42 Å². The molecule has 0 fully saturated rings. The molecule has 2 rings (SSSR count). The number of rotatable bonds is 5. The molecule has 2 heteroatoms. The van der Waals surface area contributed by atoms with E-state index in [1.54, 1.807) is 0 Å². The predicted molar refractivity (Wildman–Crippen MR) is 74.7 cm³/mol. The van der Waals surface area contributed by atoms with Crippen LogP contribution < -0.4 is 10.2 Å². The Morgan fingerprint density at radius 2 is 2.18 bits per heavy atom. The van der Waals surface area contributed by atoms with Crippen molar-refractivity contribution in [2.24, 2.45) is 5.92 Å². The molecule has 1 aromatic rings. The highest BCUT2D eigenvalue weighted by Gasteiger charge is 2.26. The van der Waals surface area contributed by atoms with E-state index in [4.69, 9.17) is 0 Å². The van der Waals surface area contributed by atoms with Crippen LogP contribution in [0.15, 0.2) is 24.3 Å². The molecule has 0 amide bonds. The fraction of sp³-hybridized carbons (Fsp3) is 0.600. The lowest BCUT2D eigenvalue weighted by molar-refractivity contribution is 0.496. The van der Waals surface area contributed by atoms with Gasteiger partial charge in [0.1, 0.15) is 0 Å². The highest BCUT2D eigenvalue weighted by atomic mass is 15.2. The van der Waals surface area contributed by atoms with E-state index < -0.39 is 0 Å². The van der Waals surface area contributed by atoms with Crippen molar-refractivity contribution in [3.63, 3.8) is 0 Å². The number of benzene rings is 1. The Morgan fingerprint density at radius 3 is 2.94 bits per heavy atom. The fourth-order valence-corrected chi connectivity index (χ4v) is 2.70. The number of nitrogens with zero attached hydrogens (tertiary/aromatic N) is 1. The molecule has 1 aliphatic rings. The van der Waals surface area contributed by atoms with Gasteiger partial charge in [-0.25, -0.2) is 0 Å². The van der Waals surface area contributed by atoms with E-state index in [1.165, 1.54) is 17.7 Å². The Labute approximate surface area is 105 Å². The van der Waals surface area contributed by atoms with Gasteiger partial charge >= 0.3 is 0 Å². The summed E-state index contributed by atoms with van der Waals surface area (Å²) in [5, 5.41) is 3.43. The summed E-state index contributed by atoms with van der Waals surface area (Å²) in [6.45, 7) is 10.2. The average molecular weight is 232 g/mol. The molecule has 0 saturated heterocycles. The van der Waals surface area contributed by atoms with E-state index in [2.05, 4.69) is 55.3 Å². The third-order valence-electron chi connectivity index (χ3n) is 3.60. The van der Waals surface area contributed by atoms with Gasteiger partial charge in [0.2, 0.25) is 0 Å². The first-order valence-corrected chi connectivity index (χ1v) is 6.77. The number of hydrogen-bond donors (Lipinski definition) is 1. The molecule has 1 aliphatic heterocycles. The van der Waals surface area contributed by atoms with Crippen LogP contribution in [0.2, 0.25) is 0 Å². The van der Waals surface area contributed by atoms with Crippen molar-refractivity contribution < 1.29 is 0 Å². The van der Waals surface area contributed by atoms with E-state index in [-0.39, 0.29) is 0 Å². The summed E-state index contributed by atoms with van der Waals surface area (Å²) in [6.07, 6.45) is 1.20. The Kier molecular flexibility index (Phi) is 4.06. The first-order valence-electron chi connectivity index (χ1n) is 6.77. The summed E-state index contributed by atoms with van der Waals surface area (Å²) in [4.78, 5) is 2.57. The van der Waals surface area contributed by atoms with E-state index in [0.29, 0.717) is 12.0 Å². The Bertz CT molecular complexity index is 362. The highest BCUT2D eigenvalue weighted by Crippen LogP contribution is 2.32. The lowest BCUT2D eigenvalue weighted by Gasteiger charge is -2.28. The molecule has 0 bridgehead atoms. The SMILES string of the molecule is CCNCC(C)CN1c2ccccc2CC1C. The Morgan fingerprint density at radius 1 is 1.41 bits per heavy atom. The molecule has 2 nitrogen and oxygen atoms in total. The van der Waals surface area contributed by atoms with Gasteiger partial charge in [0.25, 0.3) is 0 Å². The monoisotopic (exact) mass is 232 g/mol. The lowest BCUT2D eigenvalue weighted by Crippen LogP contribution is -2.36. The zero-order chi connectivity index (χ0) is 12.3. The molecule has 0 aliphatic carbocycles. The lowest BCUT2D eigenvalue weighted by atomic mass is 10.1. The number of hydrogen-bond acceptors (Lipinski definition) is 2. The largest absolute Gasteiger partial charge is 0.368 e. The van der Waals surface area contributed by atoms with Crippen LogP contribution in [-0.4, -0.2) is 25.7 Å². The third-order valence-corrected chi connectivity index (χ3v) is 3.60. The number of fused-ring (bicyclic) bond motifs is 1. The summed E-state index contributed by atoms with van der Waals surface area (Å²) in [5.41, 5.74) is 2.96. The van der Waals surface area contributed by atoms with Gasteiger partial charge < -0.3 is 10.2 Å². The van der Waals surface area contributed by atoms with Crippen molar-refractivity contribution in [3.8, 4) is 0 Å². The Hall–Kier alpha value is -1.02. The quantitative estimate of drug-likeness (QED) is 0.839. The first kappa shape index (κ1) is 12.4. The van der Waals surface area contributed by atoms with E-state index >= 15 is 0 Å². The molecular formula is C15H24N2.